The lowest BCUT2D eigenvalue weighted by Crippen LogP contribution is -2.09. The third-order valence-electron chi connectivity index (χ3n) is 3.60. The highest BCUT2D eigenvalue weighted by Gasteiger charge is 2.11. The topological polar surface area (TPSA) is 35.6 Å². The summed E-state index contributed by atoms with van der Waals surface area (Å²) in [6.45, 7) is 0.797. The number of rotatable bonds is 3. The van der Waals surface area contributed by atoms with Crippen LogP contribution in [0.3, 0.4) is 0 Å². The Labute approximate surface area is 122 Å². The summed E-state index contributed by atoms with van der Waals surface area (Å²) in [5.41, 5.74) is 2.45. The van der Waals surface area contributed by atoms with Crippen molar-refractivity contribution in [1.82, 2.24) is 19.6 Å². The van der Waals surface area contributed by atoms with Crippen LogP contribution in [0.1, 0.15) is 5.56 Å². The summed E-state index contributed by atoms with van der Waals surface area (Å²) in [6.07, 6.45) is 3.40. The summed E-state index contributed by atoms with van der Waals surface area (Å²) < 4.78 is 2.24. The van der Waals surface area contributed by atoms with E-state index in [4.69, 9.17) is 0 Å². The van der Waals surface area contributed by atoms with Gasteiger partial charge in [0, 0.05) is 11.9 Å². The van der Waals surface area contributed by atoms with Gasteiger partial charge in [-0.15, -0.1) is 4.80 Å². The first-order valence-corrected chi connectivity index (χ1v) is 6.91. The maximum Gasteiger partial charge on any atom is 0.156 e. The molecular weight excluding hydrogens is 260 g/mol. The van der Waals surface area contributed by atoms with Gasteiger partial charge < -0.3 is 4.57 Å². The molecule has 0 saturated carbocycles. The van der Waals surface area contributed by atoms with Crippen molar-refractivity contribution in [3.63, 3.8) is 0 Å². The molecule has 0 N–H and O–H groups in total. The Bertz CT molecular complexity index is 860. The van der Waals surface area contributed by atoms with E-state index in [-0.39, 0.29) is 0 Å². The Morgan fingerprint density at radius 3 is 2.33 bits per heavy atom. The number of fused-ring (bicyclic) bond motifs is 1. The number of aromatic nitrogens is 4. The standard InChI is InChI=1S/C17H14N4/c1-2-6-14(7-3-1)13-20-16-9-5-4-8-15(16)12-17(20)21-18-10-11-19-21/h1-12H,13H2. The van der Waals surface area contributed by atoms with E-state index in [1.54, 1.807) is 17.2 Å². The fourth-order valence-electron chi connectivity index (χ4n) is 2.63. The van der Waals surface area contributed by atoms with Crippen molar-refractivity contribution in [2.24, 2.45) is 0 Å². The van der Waals surface area contributed by atoms with Crippen LogP contribution in [0.25, 0.3) is 16.7 Å². The molecule has 0 aliphatic heterocycles. The zero-order valence-electron chi connectivity index (χ0n) is 11.4. The Balaban J connectivity index is 1.91. The number of para-hydroxylation sites is 1. The van der Waals surface area contributed by atoms with E-state index in [0.717, 1.165) is 12.4 Å². The summed E-state index contributed by atoms with van der Waals surface area (Å²) in [7, 11) is 0. The Morgan fingerprint density at radius 2 is 1.52 bits per heavy atom. The van der Waals surface area contributed by atoms with Crippen LogP contribution in [0.4, 0.5) is 0 Å². The van der Waals surface area contributed by atoms with Crippen LogP contribution in [-0.2, 0) is 6.54 Å². The molecule has 0 spiro atoms. The van der Waals surface area contributed by atoms with E-state index >= 15 is 0 Å². The zero-order valence-corrected chi connectivity index (χ0v) is 11.4. The monoisotopic (exact) mass is 274 g/mol. The lowest BCUT2D eigenvalue weighted by atomic mass is 10.2. The van der Waals surface area contributed by atoms with Crippen LogP contribution in [0.15, 0.2) is 73.1 Å². The van der Waals surface area contributed by atoms with Crippen LogP contribution >= 0.6 is 0 Å². The Morgan fingerprint density at radius 1 is 0.810 bits per heavy atom. The normalized spacial score (nSPS) is 11.0. The van der Waals surface area contributed by atoms with Crippen molar-refractivity contribution in [3.05, 3.63) is 78.6 Å². The fourth-order valence-corrected chi connectivity index (χ4v) is 2.63. The van der Waals surface area contributed by atoms with Gasteiger partial charge in [-0.25, -0.2) is 0 Å². The van der Waals surface area contributed by atoms with Crippen molar-refractivity contribution in [3.8, 4) is 5.82 Å². The second-order valence-electron chi connectivity index (χ2n) is 4.95. The maximum absolute atomic E-state index is 4.27. The van der Waals surface area contributed by atoms with Crippen molar-refractivity contribution >= 4 is 10.9 Å². The van der Waals surface area contributed by atoms with Gasteiger partial charge in [0.05, 0.1) is 17.9 Å². The lowest BCUT2D eigenvalue weighted by molar-refractivity contribution is 0.674. The molecule has 0 saturated heterocycles. The van der Waals surface area contributed by atoms with Gasteiger partial charge in [-0.1, -0.05) is 48.5 Å². The van der Waals surface area contributed by atoms with Crippen LogP contribution in [0.5, 0.6) is 0 Å². The smallest absolute Gasteiger partial charge is 0.156 e. The average Bonchev–Trinajstić information content (AvgIpc) is 3.16. The second-order valence-corrected chi connectivity index (χ2v) is 4.95. The Hall–Kier alpha value is -2.88. The summed E-state index contributed by atoms with van der Waals surface area (Å²) in [4.78, 5) is 1.67. The minimum Gasteiger partial charge on any atom is -0.320 e. The molecule has 4 rings (SSSR count). The molecule has 21 heavy (non-hydrogen) atoms. The third kappa shape index (κ3) is 2.10. The van der Waals surface area contributed by atoms with E-state index in [0.29, 0.717) is 0 Å². The zero-order chi connectivity index (χ0) is 14.1. The van der Waals surface area contributed by atoms with Crippen molar-refractivity contribution in [2.75, 3.05) is 0 Å². The summed E-state index contributed by atoms with van der Waals surface area (Å²) >= 11 is 0. The predicted molar refractivity (Wildman–Crippen MR) is 82.4 cm³/mol. The predicted octanol–water partition coefficient (Wildman–Crippen LogP) is 3.27. The van der Waals surface area contributed by atoms with E-state index in [9.17, 15) is 0 Å². The van der Waals surface area contributed by atoms with Gasteiger partial charge in [0.25, 0.3) is 0 Å². The molecule has 2 aromatic heterocycles. The van der Waals surface area contributed by atoms with Crippen LogP contribution < -0.4 is 0 Å². The average molecular weight is 274 g/mol. The molecule has 4 aromatic rings. The highest BCUT2D eigenvalue weighted by atomic mass is 15.5. The van der Waals surface area contributed by atoms with Crippen LogP contribution in [0.2, 0.25) is 0 Å². The number of hydrogen-bond acceptors (Lipinski definition) is 2. The quantitative estimate of drug-likeness (QED) is 0.575. The molecule has 4 nitrogen and oxygen atoms in total. The van der Waals surface area contributed by atoms with Gasteiger partial charge >= 0.3 is 0 Å². The van der Waals surface area contributed by atoms with E-state index in [1.807, 2.05) is 6.07 Å². The minimum atomic E-state index is 0.797. The molecule has 0 radical (unpaired) electrons. The SMILES string of the molecule is c1ccc(Cn2c(-n3nccn3)cc3ccccc32)cc1. The summed E-state index contributed by atoms with van der Waals surface area (Å²) in [5.74, 6) is 0.977. The number of benzene rings is 2. The minimum absolute atomic E-state index is 0.797. The molecule has 0 amide bonds. The van der Waals surface area contributed by atoms with Crippen molar-refractivity contribution in [2.45, 2.75) is 6.54 Å². The van der Waals surface area contributed by atoms with Crippen LogP contribution in [-0.4, -0.2) is 19.6 Å². The molecule has 0 aliphatic carbocycles. The van der Waals surface area contributed by atoms with Gasteiger partial charge in [0.15, 0.2) is 5.82 Å². The third-order valence-corrected chi connectivity index (χ3v) is 3.60. The number of hydrogen-bond donors (Lipinski definition) is 0. The van der Waals surface area contributed by atoms with Crippen molar-refractivity contribution in [1.29, 1.82) is 0 Å². The highest BCUT2D eigenvalue weighted by molar-refractivity contribution is 5.83. The molecule has 0 bridgehead atoms. The first-order chi connectivity index (χ1) is 10.4. The lowest BCUT2D eigenvalue weighted by Gasteiger charge is -2.10. The molecule has 102 valence electrons. The first-order valence-electron chi connectivity index (χ1n) is 6.91. The largest absolute Gasteiger partial charge is 0.320 e. The first kappa shape index (κ1) is 11.9. The van der Waals surface area contributed by atoms with Gasteiger partial charge in [-0.05, 0) is 17.7 Å². The highest BCUT2D eigenvalue weighted by Crippen LogP contribution is 2.23. The summed E-state index contributed by atoms with van der Waals surface area (Å²) in [5, 5.41) is 9.73. The molecule has 2 heterocycles. The van der Waals surface area contributed by atoms with Gasteiger partial charge in [-0.3, -0.25) is 0 Å². The van der Waals surface area contributed by atoms with E-state index < -0.39 is 0 Å². The van der Waals surface area contributed by atoms with Gasteiger partial charge in [-0.2, -0.15) is 10.2 Å². The molecule has 0 unspecified atom stereocenters. The summed E-state index contributed by atoms with van der Waals surface area (Å²) in [6, 6.07) is 20.9. The molecule has 2 aromatic carbocycles. The Kier molecular flexibility index (Phi) is 2.78. The molecule has 0 aliphatic rings. The molecule has 0 atom stereocenters. The molecular formula is C17H14N4. The maximum atomic E-state index is 4.27. The molecule has 4 heteroatoms. The van der Waals surface area contributed by atoms with E-state index in [1.165, 1.54) is 16.5 Å². The molecule has 0 fully saturated rings. The van der Waals surface area contributed by atoms with Gasteiger partial charge in [0.2, 0.25) is 0 Å². The van der Waals surface area contributed by atoms with E-state index in [2.05, 4.69) is 69.4 Å². The van der Waals surface area contributed by atoms with Gasteiger partial charge in [0.1, 0.15) is 0 Å². The van der Waals surface area contributed by atoms with Crippen molar-refractivity contribution < 1.29 is 0 Å². The van der Waals surface area contributed by atoms with Crippen LogP contribution in [0, 0.1) is 0 Å². The fraction of sp³-hybridized carbons (Fsp3) is 0.0588. The number of nitrogens with zero attached hydrogens (tertiary/aromatic N) is 4. The second kappa shape index (κ2) is 4.90.